The number of amides is 1. The van der Waals surface area contributed by atoms with Crippen LogP contribution in [0.4, 0.5) is 24.7 Å². The summed E-state index contributed by atoms with van der Waals surface area (Å²) in [6.45, 7) is 4.67. The number of alkyl halides is 3. The maximum atomic E-state index is 12.5. The summed E-state index contributed by atoms with van der Waals surface area (Å²) in [6, 6.07) is 20.8. The number of hydrogen-bond acceptors (Lipinski definition) is 6. The predicted molar refractivity (Wildman–Crippen MR) is 139 cm³/mol. The summed E-state index contributed by atoms with van der Waals surface area (Å²) in [5.41, 5.74) is 1.98. The SMILES string of the molecule is O=C(Nc1cccc(CCN2CCN(c3nsc4ccccc34)CC2)c1)c1ccc(OC(F)(F)F)cc1. The van der Waals surface area contributed by atoms with Crippen LogP contribution in [0.2, 0.25) is 0 Å². The van der Waals surface area contributed by atoms with Crippen molar-refractivity contribution in [2.75, 3.05) is 42.9 Å². The van der Waals surface area contributed by atoms with Gasteiger partial charge in [0.25, 0.3) is 5.91 Å². The number of benzene rings is 3. The average Bonchev–Trinajstić information content (AvgIpc) is 3.32. The highest BCUT2D eigenvalue weighted by atomic mass is 32.1. The van der Waals surface area contributed by atoms with Crippen molar-refractivity contribution in [3.8, 4) is 5.75 Å². The molecule has 0 saturated carbocycles. The zero-order chi connectivity index (χ0) is 25.8. The van der Waals surface area contributed by atoms with E-state index in [1.54, 1.807) is 17.6 Å². The first kappa shape index (κ1) is 25.0. The molecule has 0 aliphatic carbocycles. The molecule has 0 unspecified atom stereocenters. The van der Waals surface area contributed by atoms with E-state index < -0.39 is 12.3 Å². The molecule has 10 heteroatoms. The summed E-state index contributed by atoms with van der Waals surface area (Å²) in [4.78, 5) is 17.3. The Labute approximate surface area is 216 Å². The third-order valence-electron chi connectivity index (χ3n) is 6.28. The fraction of sp³-hybridized carbons (Fsp3) is 0.259. The lowest BCUT2D eigenvalue weighted by Gasteiger charge is -2.35. The molecule has 1 fully saturated rings. The second-order valence-electron chi connectivity index (χ2n) is 8.81. The van der Waals surface area contributed by atoms with Gasteiger partial charge in [0.15, 0.2) is 0 Å². The Morgan fingerprint density at radius 2 is 1.73 bits per heavy atom. The monoisotopic (exact) mass is 526 g/mol. The zero-order valence-corrected chi connectivity index (χ0v) is 20.7. The molecule has 192 valence electrons. The second kappa shape index (κ2) is 10.8. The number of carbonyl (C=O) groups is 1. The topological polar surface area (TPSA) is 57.7 Å². The minimum absolute atomic E-state index is 0.241. The molecule has 2 heterocycles. The molecule has 3 aromatic carbocycles. The fourth-order valence-corrected chi connectivity index (χ4v) is 5.18. The maximum absolute atomic E-state index is 12.5. The molecule has 37 heavy (non-hydrogen) atoms. The number of hydrogen-bond donors (Lipinski definition) is 1. The molecule has 1 aliphatic rings. The number of fused-ring (bicyclic) bond motifs is 1. The van der Waals surface area contributed by atoms with Crippen LogP contribution in [0, 0.1) is 0 Å². The lowest BCUT2D eigenvalue weighted by molar-refractivity contribution is -0.274. The number of nitrogens with zero attached hydrogens (tertiary/aromatic N) is 3. The number of piperazine rings is 1. The van der Waals surface area contributed by atoms with E-state index in [1.807, 2.05) is 24.3 Å². The number of anilines is 2. The first-order valence-corrected chi connectivity index (χ1v) is 12.7. The lowest BCUT2D eigenvalue weighted by atomic mass is 10.1. The van der Waals surface area contributed by atoms with Crippen molar-refractivity contribution in [1.82, 2.24) is 9.27 Å². The van der Waals surface area contributed by atoms with Gasteiger partial charge in [-0.25, -0.2) is 0 Å². The predicted octanol–water partition coefficient (Wildman–Crippen LogP) is 5.81. The molecule has 0 spiro atoms. The van der Waals surface area contributed by atoms with Gasteiger partial charge in [-0.2, -0.15) is 4.37 Å². The first-order chi connectivity index (χ1) is 17.8. The van der Waals surface area contributed by atoms with Gasteiger partial charge in [0.1, 0.15) is 11.6 Å². The van der Waals surface area contributed by atoms with Gasteiger partial charge in [0.2, 0.25) is 0 Å². The smallest absolute Gasteiger partial charge is 0.406 e. The van der Waals surface area contributed by atoms with Crippen LogP contribution >= 0.6 is 11.5 Å². The Kier molecular flexibility index (Phi) is 7.29. The fourth-order valence-electron chi connectivity index (χ4n) is 4.39. The van der Waals surface area contributed by atoms with Gasteiger partial charge in [-0.1, -0.05) is 24.3 Å². The molecule has 1 aliphatic heterocycles. The van der Waals surface area contributed by atoms with Crippen LogP contribution < -0.4 is 15.0 Å². The van der Waals surface area contributed by atoms with Gasteiger partial charge in [-0.15, -0.1) is 13.2 Å². The van der Waals surface area contributed by atoms with Crippen molar-refractivity contribution < 1.29 is 22.7 Å². The minimum Gasteiger partial charge on any atom is -0.406 e. The molecule has 0 bridgehead atoms. The Balaban J connectivity index is 1.12. The molecular weight excluding hydrogens is 501 g/mol. The molecule has 0 atom stereocenters. The van der Waals surface area contributed by atoms with Crippen LogP contribution in [0.1, 0.15) is 15.9 Å². The van der Waals surface area contributed by atoms with Gasteiger partial charge in [0, 0.05) is 49.4 Å². The first-order valence-electron chi connectivity index (χ1n) is 11.9. The third kappa shape index (κ3) is 6.39. The number of rotatable bonds is 7. The van der Waals surface area contributed by atoms with Crippen molar-refractivity contribution in [3.63, 3.8) is 0 Å². The molecule has 1 N–H and O–H groups in total. The number of aromatic nitrogens is 1. The summed E-state index contributed by atoms with van der Waals surface area (Å²) in [6.07, 6.45) is -3.93. The van der Waals surface area contributed by atoms with Crippen molar-refractivity contribution >= 4 is 39.0 Å². The maximum Gasteiger partial charge on any atom is 0.573 e. The van der Waals surface area contributed by atoms with Crippen molar-refractivity contribution in [2.45, 2.75) is 12.8 Å². The van der Waals surface area contributed by atoms with Crippen LogP contribution in [0.25, 0.3) is 10.1 Å². The van der Waals surface area contributed by atoms with E-state index in [0.717, 1.165) is 62.7 Å². The Morgan fingerprint density at radius 1 is 0.973 bits per heavy atom. The lowest BCUT2D eigenvalue weighted by Crippen LogP contribution is -2.47. The average molecular weight is 527 g/mol. The van der Waals surface area contributed by atoms with Crippen LogP contribution in [0.5, 0.6) is 5.75 Å². The van der Waals surface area contributed by atoms with E-state index in [9.17, 15) is 18.0 Å². The molecule has 4 aromatic rings. The molecule has 0 radical (unpaired) electrons. The van der Waals surface area contributed by atoms with E-state index in [0.29, 0.717) is 5.69 Å². The van der Waals surface area contributed by atoms with Crippen LogP contribution in [-0.2, 0) is 6.42 Å². The standard InChI is InChI=1S/C27H25F3N4O2S/c28-27(29,30)36-22-10-8-20(9-11-22)26(35)31-21-5-3-4-19(18-21)12-13-33-14-16-34(17-15-33)25-23-6-1-2-7-24(23)37-32-25/h1-11,18H,12-17H2,(H,31,35). The molecule has 1 amide bonds. The number of ether oxygens (including phenoxy) is 1. The largest absolute Gasteiger partial charge is 0.573 e. The van der Waals surface area contributed by atoms with Crippen molar-refractivity contribution in [2.24, 2.45) is 0 Å². The van der Waals surface area contributed by atoms with Gasteiger partial charge in [-0.05, 0) is 72.0 Å². The van der Waals surface area contributed by atoms with Gasteiger partial charge in [0.05, 0.1) is 4.70 Å². The summed E-state index contributed by atoms with van der Waals surface area (Å²) < 4.78 is 46.7. The Bertz CT molecular complexity index is 1370. The van der Waals surface area contributed by atoms with E-state index >= 15 is 0 Å². The van der Waals surface area contributed by atoms with Crippen molar-refractivity contribution in [3.05, 3.63) is 83.9 Å². The normalized spacial score (nSPS) is 14.6. The number of carbonyl (C=O) groups excluding carboxylic acids is 1. The summed E-state index contributed by atoms with van der Waals surface area (Å²) in [5, 5.41) is 4.03. The Hall–Kier alpha value is -3.63. The molecule has 1 aromatic heterocycles. The third-order valence-corrected chi connectivity index (χ3v) is 7.10. The van der Waals surface area contributed by atoms with E-state index in [1.165, 1.54) is 22.2 Å². The quantitative estimate of drug-likeness (QED) is 0.329. The summed E-state index contributed by atoms with van der Waals surface area (Å²) >= 11 is 1.54. The number of nitrogens with one attached hydrogen (secondary N) is 1. The van der Waals surface area contributed by atoms with E-state index in [4.69, 9.17) is 0 Å². The molecule has 1 saturated heterocycles. The molecule has 5 rings (SSSR count). The van der Waals surface area contributed by atoms with Crippen molar-refractivity contribution in [1.29, 1.82) is 0 Å². The minimum atomic E-state index is -4.77. The highest BCUT2D eigenvalue weighted by Crippen LogP contribution is 2.30. The van der Waals surface area contributed by atoms with Crippen LogP contribution in [0.3, 0.4) is 0 Å². The second-order valence-corrected chi connectivity index (χ2v) is 9.61. The van der Waals surface area contributed by atoms with E-state index in [-0.39, 0.29) is 11.3 Å². The Morgan fingerprint density at radius 3 is 2.49 bits per heavy atom. The van der Waals surface area contributed by atoms with Gasteiger partial charge in [-0.3, -0.25) is 9.69 Å². The zero-order valence-electron chi connectivity index (χ0n) is 19.9. The number of halogens is 3. The molecular formula is C27H25F3N4O2S. The van der Waals surface area contributed by atoms with Gasteiger partial charge >= 0.3 is 6.36 Å². The van der Waals surface area contributed by atoms with Crippen LogP contribution in [-0.4, -0.2) is 54.3 Å². The van der Waals surface area contributed by atoms with Crippen LogP contribution in [0.15, 0.2) is 72.8 Å². The summed E-state index contributed by atoms with van der Waals surface area (Å²) in [5.74, 6) is 0.305. The van der Waals surface area contributed by atoms with E-state index in [2.05, 4.69) is 42.4 Å². The highest BCUT2D eigenvalue weighted by Gasteiger charge is 2.31. The highest BCUT2D eigenvalue weighted by molar-refractivity contribution is 7.13. The molecule has 6 nitrogen and oxygen atoms in total. The van der Waals surface area contributed by atoms with Gasteiger partial charge < -0.3 is 15.0 Å². The summed E-state index contributed by atoms with van der Waals surface area (Å²) in [7, 11) is 0.